The van der Waals surface area contributed by atoms with E-state index in [4.69, 9.17) is 9.47 Å². The van der Waals surface area contributed by atoms with Crippen LogP contribution in [0.4, 0.5) is 18.9 Å². The van der Waals surface area contributed by atoms with Gasteiger partial charge in [-0.05, 0) is 67.1 Å². The highest BCUT2D eigenvalue weighted by Crippen LogP contribution is 2.33. The molecular weight excluding hydrogens is 583 g/mol. The molecule has 12 heteroatoms. The SMILES string of the molecule is CCOC[C@@H]1C[C@@H](Oc2ccc(C(F)(F)F)cc2)CN1c1ccc(C(=O)NCc2ccc(S(=O)(=O)CC)cc2)cc1C#N. The summed E-state index contributed by atoms with van der Waals surface area (Å²) in [6.07, 6.45) is -4.28. The van der Waals surface area contributed by atoms with Gasteiger partial charge >= 0.3 is 6.18 Å². The van der Waals surface area contributed by atoms with E-state index in [9.17, 15) is 31.6 Å². The Morgan fingerprint density at radius 3 is 2.37 bits per heavy atom. The number of alkyl halides is 3. The summed E-state index contributed by atoms with van der Waals surface area (Å²) in [5.74, 6) is -0.0926. The molecule has 8 nitrogen and oxygen atoms in total. The van der Waals surface area contributed by atoms with Crippen LogP contribution in [0.2, 0.25) is 0 Å². The predicted octanol–water partition coefficient (Wildman–Crippen LogP) is 5.36. The molecule has 0 aliphatic carbocycles. The van der Waals surface area contributed by atoms with Crippen molar-refractivity contribution in [3.8, 4) is 11.8 Å². The molecule has 0 aromatic heterocycles. The maximum atomic E-state index is 12.9. The Labute approximate surface area is 248 Å². The molecule has 1 fully saturated rings. The summed E-state index contributed by atoms with van der Waals surface area (Å²) < 4.78 is 74.5. The highest BCUT2D eigenvalue weighted by molar-refractivity contribution is 7.91. The lowest BCUT2D eigenvalue weighted by molar-refractivity contribution is -0.137. The monoisotopic (exact) mass is 615 g/mol. The van der Waals surface area contributed by atoms with E-state index in [1.165, 1.54) is 30.3 Å². The third kappa shape index (κ3) is 7.86. The quantitative estimate of drug-likeness (QED) is 0.309. The zero-order valence-electron chi connectivity index (χ0n) is 23.7. The molecule has 1 N–H and O–H groups in total. The van der Waals surface area contributed by atoms with Gasteiger partial charge in [0.15, 0.2) is 9.84 Å². The van der Waals surface area contributed by atoms with Gasteiger partial charge in [0, 0.05) is 25.1 Å². The number of halogens is 3. The number of nitriles is 1. The van der Waals surface area contributed by atoms with E-state index in [2.05, 4.69) is 11.4 Å². The van der Waals surface area contributed by atoms with Crippen LogP contribution in [-0.4, -0.2) is 52.0 Å². The molecule has 0 spiro atoms. The molecule has 43 heavy (non-hydrogen) atoms. The fourth-order valence-electron chi connectivity index (χ4n) is 4.86. The molecule has 0 bridgehead atoms. The van der Waals surface area contributed by atoms with Crippen molar-refractivity contribution >= 4 is 21.4 Å². The Morgan fingerprint density at radius 1 is 1.07 bits per heavy atom. The normalized spacial score (nSPS) is 17.0. The lowest BCUT2D eigenvalue weighted by Gasteiger charge is -2.27. The Balaban J connectivity index is 1.46. The zero-order valence-corrected chi connectivity index (χ0v) is 24.5. The predicted molar refractivity (Wildman–Crippen MR) is 155 cm³/mol. The largest absolute Gasteiger partial charge is 0.489 e. The minimum atomic E-state index is -4.44. The van der Waals surface area contributed by atoms with Crippen LogP contribution in [0.1, 0.15) is 47.3 Å². The van der Waals surface area contributed by atoms with Crippen molar-refractivity contribution in [1.29, 1.82) is 5.26 Å². The lowest BCUT2D eigenvalue weighted by atomic mass is 10.1. The number of amides is 1. The van der Waals surface area contributed by atoms with E-state index in [1.807, 2.05) is 11.8 Å². The van der Waals surface area contributed by atoms with Crippen LogP contribution in [0.25, 0.3) is 0 Å². The van der Waals surface area contributed by atoms with Gasteiger partial charge in [-0.15, -0.1) is 0 Å². The molecule has 1 saturated heterocycles. The van der Waals surface area contributed by atoms with Crippen LogP contribution in [0.3, 0.4) is 0 Å². The number of anilines is 1. The van der Waals surface area contributed by atoms with E-state index in [0.717, 1.165) is 17.7 Å². The average molecular weight is 616 g/mol. The fourth-order valence-corrected chi connectivity index (χ4v) is 5.75. The minimum Gasteiger partial charge on any atom is -0.489 e. The Morgan fingerprint density at radius 2 is 1.77 bits per heavy atom. The number of hydrogen-bond donors (Lipinski definition) is 1. The fraction of sp³-hybridized carbons (Fsp3) is 0.355. The molecule has 1 heterocycles. The Hall–Kier alpha value is -4.08. The molecule has 3 aromatic rings. The standard InChI is InChI=1S/C31H32F3N3O5S/c1-3-41-20-25-16-27(42-26-10-8-24(9-11-26)31(32,33)34)19-37(25)29-14-7-22(15-23(29)17-35)30(38)36-18-21-5-12-28(13-6-21)43(39,40)4-2/h5-15,25,27H,3-4,16,18-20H2,1-2H3,(H,36,38)/t25-,27+/m0/s1. The van der Waals surface area contributed by atoms with Gasteiger partial charge in [0.25, 0.3) is 5.91 Å². The first kappa shape index (κ1) is 31.8. The number of rotatable bonds is 11. The van der Waals surface area contributed by atoms with Gasteiger partial charge in [-0.2, -0.15) is 18.4 Å². The van der Waals surface area contributed by atoms with Crippen LogP contribution in [-0.2, 0) is 27.3 Å². The van der Waals surface area contributed by atoms with Gasteiger partial charge in [-0.25, -0.2) is 8.42 Å². The number of nitrogens with zero attached hydrogens (tertiary/aromatic N) is 2. The number of ether oxygens (including phenoxy) is 2. The second kappa shape index (κ2) is 13.5. The molecule has 0 radical (unpaired) electrons. The first-order valence-electron chi connectivity index (χ1n) is 13.8. The van der Waals surface area contributed by atoms with Crippen LogP contribution in [0, 0.1) is 11.3 Å². The topological polar surface area (TPSA) is 109 Å². The maximum Gasteiger partial charge on any atom is 0.416 e. The van der Waals surface area contributed by atoms with Crippen molar-refractivity contribution in [1.82, 2.24) is 5.32 Å². The number of benzene rings is 3. The second-order valence-electron chi connectivity index (χ2n) is 10.0. The van der Waals surface area contributed by atoms with Gasteiger partial charge in [-0.1, -0.05) is 19.1 Å². The molecular formula is C31H32F3N3O5S. The Bertz CT molecular complexity index is 1570. The summed E-state index contributed by atoms with van der Waals surface area (Å²) in [7, 11) is -3.32. The average Bonchev–Trinajstić information content (AvgIpc) is 3.40. The number of carbonyl (C=O) groups excluding carboxylic acids is 1. The number of sulfone groups is 1. The number of carbonyl (C=O) groups is 1. The molecule has 1 aliphatic heterocycles. The van der Waals surface area contributed by atoms with Gasteiger partial charge in [-0.3, -0.25) is 4.79 Å². The van der Waals surface area contributed by atoms with Crippen molar-refractivity contribution in [3.05, 3.63) is 89.0 Å². The lowest BCUT2D eigenvalue weighted by Crippen LogP contribution is -2.34. The smallest absolute Gasteiger partial charge is 0.416 e. The van der Waals surface area contributed by atoms with Gasteiger partial charge in [0.1, 0.15) is 17.9 Å². The highest BCUT2D eigenvalue weighted by atomic mass is 32.2. The van der Waals surface area contributed by atoms with Crippen LogP contribution in [0.15, 0.2) is 71.6 Å². The van der Waals surface area contributed by atoms with Gasteiger partial charge in [0.05, 0.1) is 46.7 Å². The molecule has 4 rings (SSSR count). The summed E-state index contributed by atoms with van der Waals surface area (Å²) in [6.45, 7) is 4.81. The molecule has 228 valence electrons. The van der Waals surface area contributed by atoms with Gasteiger partial charge in [0.2, 0.25) is 0 Å². The van der Waals surface area contributed by atoms with Crippen LogP contribution >= 0.6 is 0 Å². The molecule has 0 saturated carbocycles. The highest BCUT2D eigenvalue weighted by Gasteiger charge is 2.35. The summed E-state index contributed by atoms with van der Waals surface area (Å²) in [4.78, 5) is 15.1. The van der Waals surface area contributed by atoms with Crippen molar-refractivity contribution in [2.75, 3.05) is 30.4 Å². The van der Waals surface area contributed by atoms with Crippen LogP contribution in [0.5, 0.6) is 5.75 Å². The van der Waals surface area contributed by atoms with Crippen molar-refractivity contribution < 1.29 is 35.9 Å². The summed E-state index contributed by atoms with van der Waals surface area (Å²) in [5, 5.41) is 12.7. The van der Waals surface area contributed by atoms with E-state index < -0.39 is 27.5 Å². The maximum absolute atomic E-state index is 12.9. The number of hydrogen-bond acceptors (Lipinski definition) is 7. The first-order chi connectivity index (χ1) is 20.4. The molecule has 0 unspecified atom stereocenters. The second-order valence-corrected chi connectivity index (χ2v) is 12.3. The van der Waals surface area contributed by atoms with Crippen molar-refractivity contribution in [2.24, 2.45) is 0 Å². The molecule has 1 aliphatic rings. The zero-order chi connectivity index (χ0) is 31.2. The third-order valence-electron chi connectivity index (χ3n) is 7.18. The molecule has 3 aromatic carbocycles. The van der Waals surface area contributed by atoms with Crippen molar-refractivity contribution in [2.45, 2.75) is 50.0 Å². The number of nitrogens with one attached hydrogen (secondary N) is 1. The molecule has 2 atom stereocenters. The van der Waals surface area contributed by atoms with Crippen molar-refractivity contribution in [3.63, 3.8) is 0 Å². The van der Waals surface area contributed by atoms with E-state index >= 15 is 0 Å². The summed E-state index contributed by atoms with van der Waals surface area (Å²) in [5.41, 5.74) is 1.11. The van der Waals surface area contributed by atoms with Crippen LogP contribution < -0.4 is 15.0 Å². The third-order valence-corrected chi connectivity index (χ3v) is 8.93. The minimum absolute atomic E-state index is 0.00304. The van der Waals surface area contributed by atoms with E-state index in [0.29, 0.717) is 37.6 Å². The Kier molecular flexibility index (Phi) is 9.98. The first-order valence-corrected chi connectivity index (χ1v) is 15.4. The summed E-state index contributed by atoms with van der Waals surface area (Å²) in [6, 6.07) is 17.6. The molecule has 1 amide bonds. The summed E-state index contributed by atoms with van der Waals surface area (Å²) >= 11 is 0. The van der Waals surface area contributed by atoms with E-state index in [1.54, 1.807) is 31.2 Å². The van der Waals surface area contributed by atoms with Gasteiger partial charge < -0.3 is 19.7 Å². The van der Waals surface area contributed by atoms with E-state index in [-0.39, 0.29) is 40.5 Å².